The minimum absolute atomic E-state index is 0.0447. The van der Waals surface area contributed by atoms with Gasteiger partial charge < -0.3 is 10.3 Å². The summed E-state index contributed by atoms with van der Waals surface area (Å²) in [4.78, 5) is 31.3. The Kier molecular flexibility index (Phi) is 7.15. The molecule has 1 aromatic heterocycles. The van der Waals surface area contributed by atoms with Gasteiger partial charge in [0.15, 0.2) is 5.16 Å². The van der Waals surface area contributed by atoms with Gasteiger partial charge in [0.25, 0.3) is 5.56 Å². The topological polar surface area (TPSA) is 74.8 Å². The van der Waals surface area contributed by atoms with E-state index >= 15 is 0 Å². The molecule has 128 valence electrons. The number of rotatable bonds is 5. The third-order valence-corrected chi connectivity index (χ3v) is 5.05. The van der Waals surface area contributed by atoms with Crippen LogP contribution in [0, 0.1) is 6.92 Å². The zero-order chi connectivity index (χ0) is 16.7. The maximum Gasteiger partial charge on any atom is 0.254 e. The molecule has 1 amide bonds. The Balaban J connectivity index is 1.87. The number of nitrogens with zero attached hydrogens (tertiary/aromatic N) is 1. The Hall–Kier alpha value is -1.30. The van der Waals surface area contributed by atoms with Crippen LogP contribution in [0.4, 0.5) is 0 Å². The van der Waals surface area contributed by atoms with E-state index in [2.05, 4.69) is 15.3 Å². The highest BCUT2D eigenvalue weighted by Crippen LogP contribution is 2.17. The third kappa shape index (κ3) is 5.68. The summed E-state index contributed by atoms with van der Waals surface area (Å²) in [5.41, 5.74) is 1.22. The quantitative estimate of drug-likeness (QED) is 0.640. The second kappa shape index (κ2) is 9.11. The third-order valence-electron chi connectivity index (χ3n) is 4.47. The van der Waals surface area contributed by atoms with Crippen LogP contribution in [0.3, 0.4) is 0 Å². The molecule has 1 fully saturated rings. The van der Waals surface area contributed by atoms with Crippen molar-refractivity contribution in [2.24, 2.45) is 0 Å². The van der Waals surface area contributed by atoms with Gasteiger partial charge in [-0.05, 0) is 32.4 Å². The minimum Gasteiger partial charge on any atom is -0.353 e. The number of nitrogens with one attached hydrogen (secondary N) is 2. The van der Waals surface area contributed by atoms with Crippen LogP contribution in [-0.2, 0) is 11.2 Å². The second-order valence-electron chi connectivity index (χ2n) is 6.25. The Morgan fingerprint density at radius 2 is 1.91 bits per heavy atom. The molecule has 1 aromatic rings. The van der Waals surface area contributed by atoms with E-state index < -0.39 is 0 Å². The summed E-state index contributed by atoms with van der Waals surface area (Å²) in [7, 11) is 0. The second-order valence-corrected chi connectivity index (χ2v) is 7.04. The van der Waals surface area contributed by atoms with Gasteiger partial charge in [-0.25, -0.2) is 4.98 Å². The van der Waals surface area contributed by atoms with Crippen LogP contribution in [0.5, 0.6) is 0 Å². The van der Waals surface area contributed by atoms with Gasteiger partial charge in [-0.2, -0.15) is 0 Å². The summed E-state index contributed by atoms with van der Waals surface area (Å²) in [6, 6.07) is 0.305. The zero-order valence-corrected chi connectivity index (χ0v) is 14.9. The smallest absolute Gasteiger partial charge is 0.254 e. The summed E-state index contributed by atoms with van der Waals surface area (Å²) in [5.74, 6) is 0.0447. The van der Waals surface area contributed by atoms with E-state index in [1.54, 1.807) is 0 Å². The van der Waals surface area contributed by atoms with Gasteiger partial charge in [-0.15, -0.1) is 0 Å². The molecule has 1 heterocycles. The number of hydrogen-bond acceptors (Lipinski definition) is 4. The number of aromatic nitrogens is 2. The number of H-pyrrole nitrogens is 1. The van der Waals surface area contributed by atoms with Crippen LogP contribution in [0.2, 0.25) is 0 Å². The van der Waals surface area contributed by atoms with Crippen molar-refractivity contribution in [2.45, 2.75) is 75.9 Å². The Morgan fingerprint density at radius 1 is 1.26 bits per heavy atom. The lowest BCUT2D eigenvalue weighted by Crippen LogP contribution is -2.35. The predicted molar refractivity (Wildman–Crippen MR) is 93.9 cm³/mol. The molecule has 2 rings (SSSR count). The molecule has 0 bridgehead atoms. The number of carbonyl (C=O) groups is 1. The predicted octanol–water partition coefficient (Wildman–Crippen LogP) is 2.96. The number of carbonyl (C=O) groups excluding carboxylic acids is 1. The molecular weight excluding hydrogens is 310 g/mol. The fourth-order valence-corrected chi connectivity index (χ4v) is 3.54. The molecule has 1 aliphatic carbocycles. The van der Waals surface area contributed by atoms with Crippen LogP contribution < -0.4 is 10.9 Å². The van der Waals surface area contributed by atoms with Crippen LogP contribution in [0.25, 0.3) is 0 Å². The van der Waals surface area contributed by atoms with Crippen LogP contribution in [0.1, 0.15) is 62.6 Å². The molecule has 0 saturated heterocycles. The van der Waals surface area contributed by atoms with Crippen molar-refractivity contribution in [3.05, 3.63) is 21.6 Å². The average Bonchev–Trinajstić information content (AvgIpc) is 2.48. The van der Waals surface area contributed by atoms with Crippen molar-refractivity contribution in [1.29, 1.82) is 0 Å². The first-order valence-electron chi connectivity index (χ1n) is 8.53. The number of aromatic amines is 1. The lowest BCUT2D eigenvalue weighted by Gasteiger charge is -2.21. The number of thioether (sulfide) groups is 1. The molecule has 0 spiro atoms. The van der Waals surface area contributed by atoms with Gasteiger partial charge in [0, 0.05) is 23.7 Å². The molecular formula is C17H27N3O2S. The molecule has 0 atom stereocenters. The van der Waals surface area contributed by atoms with Crippen molar-refractivity contribution < 1.29 is 4.79 Å². The molecule has 0 aliphatic heterocycles. The first-order chi connectivity index (χ1) is 11.1. The van der Waals surface area contributed by atoms with Gasteiger partial charge >= 0.3 is 0 Å². The van der Waals surface area contributed by atoms with E-state index in [9.17, 15) is 9.59 Å². The maximum absolute atomic E-state index is 12.2. The normalized spacial score (nSPS) is 16.6. The molecule has 5 nitrogen and oxygen atoms in total. The van der Waals surface area contributed by atoms with E-state index in [4.69, 9.17) is 0 Å². The fourth-order valence-electron chi connectivity index (χ4n) is 3.11. The average molecular weight is 337 g/mol. The summed E-state index contributed by atoms with van der Waals surface area (Å²) >= 11 is 1.41. The van der Waals surface area contributed by atoms with Gasteiger partial charge in [0.05, 0.1) is 0 Å². The largest absolute Gasteiger partial charge is 0.353 e. The molecule has 1 aliphatic rings. The van der Waals surface area contributed by atoms with E-state index in [0.717, 1.165) is 18.5 Å². The van der Waals surface area contributed by atoms with Crippen molar-refractivity contribution in [2.75, 3.05) is 6.26 Å². The molecule has 23 heavy (non-hydrogen) atoms. The molecule has 0 aromatic carbocycles. The lowest BCUT2D eigenvalue weighted by molar-refractivity contribution is -0.121. The van der Waals surface area contributed by atoms with Gasteiger partial charge in [0.2, 0.25) is 5.91 Å². The highest BCUT2D eigenvalue weighted by molar-refractivity contribution is 7.98. The first-order valence-corrected chi connectivity index (χ1v) is 9.75. The van der Waals surface area contributed by atoms with Crippen molar-refractivity contribution in [1.82, 2.24) is 15.3 Å². The standard InChI is InChI=1S/C17H27N3O2S/c1-12-14(16(22)20-17(18-12)23-2)10-11-15(21)19-13-8-6-4-3-5-7-9-13/h13H,3-11H2,1-2H3,(H,19,21)(H,18,20,22). The highest BCUT2D eigenvalue weighted by atomic mass is 32.2. The van der Waals surface area contributed by atoms with Crippen molar-refractivity contribution >= 4 is 17.7 Å². The summed E-state index contributed by atoms with van der Waals surface area (Å²) in [6.45, 7) is 1.83. The van der Waals surface area contributed by atoms with Gasteiger partial charge in [0.1, 0.15) is 0 Å². The van der Waals surface area contributed by atoms with E-state index in [-0.39, 0.29) is 11.5 Å². The SMILES string of the molecule is CSc1nc(C)c(CCC(=O)NC2CCCCCCC2)c(=O)[nH]1. The van der Waals surface area contributed by atoms with E-state index in [1.807, 2.05) is 13.2 Å². The van der Waals surface area contributed by atoms with E-state index in [0.29, 0.717) is 29.6 Å². The Bertz CT molecular complexity index is 578. The van der Waals surface area contributed by atoms with E-state index in [1.165, 1.54) is 43.9 Å². The first kappa shape index (κ1) is 18.0. The lowest BCUT2D eigenvalue weighted by atomic mass is 9.96. The van der Waals surface area contributed by atoms with Crippen molar-refractivity contribution in [3.63, 3.8) is 0 Å². The van der Waals surface area contributed by atoms with Crippen LogP contribution in [-0.4, -0.2) is 28.2 Å². The summed E-state index contributed by atoms with van der Waals surface area (Å²) in [5, 5.41) is 3.76. The Labute approximate surface area is 142 Å². The molecule has 0 unspecified atom stereocenters. The molecule has 2 N–H and O–H groups in total. The monoisotopic (exact) mass is 337 g/mol. The summed E-state index contributed by atoms with van der Waals surface area (Å²) in [6.07, 6.45) is 11.1. The van der Waals surface area contributed by atoms with Gasteiger partial charge in [-0.1, -0.05) is 43.9 Å². The highest BCUT2D eigenvalue weighted by Gasteiger charge is 2.15. The zero-order valence-electron chi connectivity index (χ0n) is 14.1. The minimum atomic E-state index is -0.124. The van der Waals surface area contributed by atoms with Crippen molar-refractivity contribution in [3.8, 4) is 0 Å². The van der Waals surface area contributed by atoms with Gasteiger partial charge in [-0.3, -0.25) is 9.59 Å². The number of aryl methyl sites for hydroxylation is 1. The number of hydrogen-bond donors (Lipinski definition) is 2. The maximum atomic E-state index is 12.2. The fraction of sp³-hybridized carbons (Fsp3) is 0.706. The summed E-state index contributed by atoms with van der Waals surface area (Å²) < 4.78 is 0. The van der Waals surface area contributed by atoms with Crippen LogP contribution in [0.15, 0.2) is 9.95 Å². The molecule has 1 saturated carbocycles. The molecule has 6 heteroatoms. The molecule has 0 radical (unpaired) electrons. The Morgan fingerprint density at radius 3 is 2.52 bits per heavy atom. The van der Waals surface area contributed by atoms with Crippen LogP contribution >= 0.6 is 11.8 Å². The number of amides is 1.